The maximum absolute atomic E-state index is 12.6. The molecule has 2 aromatic rings. The van der Waals surface area contributed by atoms with E-state index in [-0.39, 0.29) is 23.7 Å². The molecule has 142 valence electrons. The lowest BCUT2D eigenvalue weighted by Gasteiger charge is -2.13. The SMILES string of the molecule is COc1ccc(C2=C(c3cc(O)c(OC)c(OC)c3)C(=O)C(O)C2)cc1Cl. The predicted octanol–water partition coefficient (Wildman–Crippen LogP) is 3.32. The van der Waals surface area contributed by atoms with Gasteiger partial charge in [0.15, 0.2) is 17.3 Å². The first kappa shape index (κ1) is 19.1. The van der Waals surface area contributed by atoms with Gasteiger partial charge < -0.3 is 24.4 Å². The highest BCUT2D eigenvalue weighted by Crippen LogP contribution is 2.44. The van der Waals surface area contributed by atoms with Crippen molar-refractivity contribution in [2.24, 2.45) is 0 Å². The Morgan fingerprint density at radius 1 is 1.00 bits per heavy atom. The van der Waals surface area contributed by atoms with E-state index in [4.69, 9.17) is 25.8 Å². The molecule has 7 heteroatoms. The molecular formula is C20H19ClO6. The first-order valence-corrected chi connectivity index (χ1v) is 8.53. The van der Waals surface area contributed by atoms with E-state index >= 15 is 0 Å². The van der Waals surface area contributed by atoms with E-state index < -0.39 is 11.9 Å². The van der Waals surface area contributed by atoms with Gasteiger partial charge in [-0.15, -0.1) is 0 Å². The van der Waals surface area contributed by atoms with E-state index in [0.29, 0.717) is 33.0 Å². The van der Waals surface area contributed by atoms with Crippen LogP contribution < -0.4 is 14.2 Å². The summed E-state index contributed by atoms with van der Waals surface area (Å²) in [6.45, 7) is 0. The van der Waals surface area contributed by atoms with Crippen LogP contribution in [-0.2, 0) is 4.79 Å². The zero-order valence-corrected chi connectivity index (χ0v) is 15.8. The highest BCUT2D eigenvalue weighted by atomic mass is 35.5. The zero-order valence-electron chi connectivity index (χ0n) is 15.1. The number of aliphatic hydroxyl groups is 1. The van der Waals surface area contributed by atoms with Crippen molar-refractivity contribution in [2.75, 3.05) is 21.3 Å². The van der Waals surface area contributed by atoms with Gasteiger partial charge in [-0.05, 0) is 41.0 Å². The third-order valence-corrected chi connectivity index (χ3v) is 4.79. The molecule has 0 radical (unpaired) electrons. The third kappa shape index (κ3) is 3.34. The van der Waals surface area contributed by atoms with Gasteiger partial charge in [0.1, 0.15) is 11.9 Å². The molecule has 1 aliphatic rings. The summed E-state index contributed by atoms with van der Waals surface area (Å²) in [4.78, 5) is 12.6. The number of phenolic OH excluding ortho intramolecular Hbond substituents is 1. The van der Waals surface area contributed by atoms with Crippen LogP contribution in [0.25, 0.3) is 11.1 Å². The van der Waals surface area contributed by atoms with Crippen LogP contribution in [0.4, 0.5) is 0 Å². The van der Waals surface area contributed by atoms with Gasteiger partial charge in [0, 0.05) is 12.0 Å². The Morgan fingerprint density at radius 2 is 1.70 bits per heavy atom. The van der Waals surface area contributed by atoms with Crippen LogP contribution >= 0.6 is 11.6 Å². The fraction of sp³-hybridized carbons (Fsp3) is 0.250. The molecule has 1 unspecified atom stereocenters. The number of Topliss-reactive ketones (excluding diaryl/α,β-unsaturated/α-hetero) is 1. The maximum Gasteiger partial charge on any atom is 0.203 e. The fourth-order valence-corrected chi connectivity index (χ4v) is 3.48. The van der Waals surface area contributed by atoms with E-state index in [1.54, 1.807) is 24.3 Å². The molecule has 0 amide bonds. The van der Waals surface area contributed by atoms with Crippen molar-refractivity contribution in [1.82, 2.24) is 0 Å². The molecule has 0 heterocycles. The quantitative estimate of drug-likeness (QED) is 0.814. The minimum atomic E-state index is -1.16. The summed E-state index contributed by atoms with van der Waals surface area (Å²) in [6, 6.07) is 8.16. The van der Waals surface area contributed by atoms with Crippen molar-refractivity contribution in [3.63, 3.8) is 0 Å². The Bertz CT molecular complexity index is 934. The van der Waals surface area contributed by atoms with E-state index in [1.165, 1.54) is 27.4 Å². The Hall–Kier alpha value is -2.70. The number of halogens is 1. The standard InChI is InChI=1S/C20H19ClO6/c1-25-16-5-4-10(6-13(16)21)12-9-14(22)19(24)18(12)11-7-15(23)20(27-3)17(8-11)26-2/h4-8,14,22-23H,9H2,1-3H3. The second-order valence-electron chi connectivity index (χ2n) is 6.02. The number of methoxy groups -OCH3 is 3. The number of carbonyl (C=O) groups excluding carboxylic acids is 1. The van der Waals surface area contributed by atoms with Crippen molar-refractivity contribution < 1.29 is 29.2 Å². The molecule has 1 atom stereocenters. The Kier molecular flexibility index (Phi) is 5.30. The zero-order chi connectivity index (χ0) is 19.7. The number of hydrogen-bond acceptors (Lipinski definition) is 6. The van der Waals surface area contributed by atoms with Gasteiger partial charge in [-0.2, -0.15) is 0 Å². The van der Waals surface area contributed by atoms with Crippen molar-refractivity contribution in [3.8, 4) is 23.0 Å². The topological polar surface area (TPSA) is 85.2 Å². The number of carbonyl (C=O) groups is 1. The molecule has 0 saturated heterocycles. The molecule has 0 aliphatic heterocycles. The number of benzene rings is 2. The number of ketones is 1. The summed E-state index contributed by atoms with van der Waals surface area (Å²) in [5.74, 6) is 0.364. The first-order valence-electron chi connectivity index (χ1n) is 8.16. The van der Waals surface area contributed by atoms with E-state index in [0.717, 1.165) is 0 Å². The summed E-state index contributed by atoms with van der Waals surface area (Å²) in [7, 11) is 4.36. The molecule has 2 N–H and O–H groups in total. The molecule has 0 spiro atoms. The van der Waals surface area contributed by atoms with Crippen LogP contribution in [0.5, 0.6) is 23.0 Å². The van der Waals surface area contributed by atoms with Crippen LogP contribution in [0.3, 0.4) is 0 Å². The number of phenols is 1. The minimum Gasteiger partial charge on any atom is -0.504 e. The molecular weight excluding hydrogens is 372 g/mol. The second kappa shape index (κ2) is 7.50. The van der Waals surface area contributed by atoms with E-state index in [2.05, 4.69) is 0 Å². The highest BCUT2D eigenvalue weighted by Gasteiger charge is 2.34. The van der Waals surface area contributed by atoms with Gasteiger partial charge in [0.25, 0.3) is 0 Å². The number of rotatable bonds is 5. The fourth-order valence-electron chi connectivity index (χ4n) is 3.22. The van der Waals surface area contributed by atoms with Crippen molar-refractivity contribution in [2.45, 2.75) is 12.5 Å². The molecule has 0 saturated carbocycles. The second-order valence-corrected chi connectivity index (χ2v) is 6.43. The van der Waals surface area contributed by atoms with Gasteiger partial charge >= 0.3 is 0 Å². The first-order chi connectivity index (χ1) is 12.9. The van der Waals surface area contributed by atoms with Crippen LogP contribution in [0.15, 0.2) is 30.3 Å². The van der Waals surface area contributed by atoms with E-state index in [9.17, 15) is 15.0 Å². The summed E-state index contributed by atoms with van der Waals surface area (Å²) < 4.78 is 15.5. The Labute approximate surface area is 161 Å². The summed E-state index contributed by atoms with van der Waals surface area (Å²) in [5, 5.41) is 20.8. The predicted molar refractivity (Wildman–Crippen MR) is 102 cm³/mol. The summed E-state index contributed by atoms with van der Waals surface area (Å²) >= 11 is 6.22. The van der Waals surface area contributed by atoms with Crippen LogP contribution in [0.2, 0.25) is 5.02 Å². The number of ether oxygens (including phenoxy) is 3. The lowest BCUT2D eigenvalue weighted by Crippen LogP contribution is -2.14. The molecule has 0 fully saturated rings. The maximum atomic E-state index is 12.6. The average Bonchev–Trinajstić information content (AvgIpc) is 2.95. The molecule has 27 heavy (non-hydrogen) atoms. The van der Waals surface area contributed by atoms with Crippen LogP contribution in [-0.4, -0.2) is 43.4 Å². The van der Waals surface area contributed by atoms with E-state index in [1.807, 2.05) is 0 Å². The normalized spacial score (nSPS) is 16.6. The van der Waals surface area contributed by atoms with Gasteiger partial charge in [-0.1, -0.05) is 17.7 Å². The molecule has 2 aromatic carbocycles. The molecule has 0 aromatic heterocycles. The summed E-state index contributed by atoms with van der Waals surface area (Å²) in [5.41, 5.74) is 2.05. The Morgan fingerprint density at radius 3 is 2.30 bits per heavy atom. The molecule has 0 bridgehead atoms. The van der Waals surface area contributed by atoms with Gasteiger partial charge in [0.05, 0.1) is 26.4 Å². The number of hydrogen-bond donors (Lipinski definition) is 2. The van der Waals surface area contributed by atoms with Crippen molar-refractivity contribution in [3.05, 3.63) is 46.5 Å². The van der Waals surface area contributed by atoms with Crippen LogP contribution in [0.1, 0.15) is 17.5 Å². The molecule has 6 nitrogen and oxygen atoms in total. The Balaban J connectivity index is 2.20. The van der Waals surface area contributed by atoms with Gasteiger partial charge in [-0.25, -0.2) is 0 Å². The summed E-state index contributed by atoms with van der Waals surface area (Å²) in [6.07, 6.45) is -1.02. The number of aromatic hydroxyl groups is 1. The largest absolute Gasteiger partial charge is 0.504 e. The lowest BCUT2D eigenvalue weighted by molar-refractivity contribution is -0.120. The average molecular weight is 391 g/mol. The van der Waals surface area contributed by atoms with Crippen LogP contribution in [0, 0.1) is 0 Å². The lowest BCUT2D eigenvalue weighted by atomic mass is 9.96. The van der Waals surface area contributed by atoms with Gasteiger partial charge in [0.2, 0.25) is 5.75 Å². The number of aliphatic hydroxyl groups excluding tert-OH is 1. The van der Waals surface area contributed by atoms with Crippen molar-refractivity contribution in [1.29, 1.82) is 0 Å². The monoisotopic (exact) mass is 390 g/mol. The molecule has 3 rings (SSSR count). The van der Waals surface area contributed by atoms with Gasteiger partial charge in [-0.3, -0.25) is 4.79 Å². The third-order valence-electron chi connectivity index (χ3n) is 4.50. The molecule has 1 aliphatic carbocycles. The van der Waals surface area contributed by atoms with Crippen molar-refractivity contribution >= 4 is 28.5 Å². The highest BCUT2D eigenvalue weighted by molar-refractivity contribution is 6.34. The smallest absolute Gasteiger partial charge is 0.203 e. The minimum absolute atomic E-state index is 0.145.